The number of rotatable bonds is 6. The molecule has 0 unspecified atom stereocenters. The van der Waals surface area contributed by atoms with Crippen molar-refractivity contribution in [2.45, 2.75) is 17.9 Å². The zero-order valence-corrected chi connectivity index (χ0v) is 14.9. The van der Waals surface area contributed by atoms with E-state index in [1.165, 1.54) is 23.3 Å². The van der Waals surface area contributed by atoms with Crippen molar-refractivity contribution < 1.29 is 13.9 Å². The van der Waals surface area contributed by atoms with E-state index in [4.69, 9.17) is 9.47 Å². The van der Waals surface area contributed by atoms with Crippen molar-refractivity contribution in [1.82, 2.24) is 4.90 Å². The van der Waals surface area contributed by atoms with Crippen LogP contribution in [0.15, 0.2) is 41.3 Å². The molecule has 0 spiro atoms. The van der Waals surface area contributed by atoms with E-state index >= 15 is 0 Å². The molecule has 24 heavy (non-hydrogen) atoms. The molecule has 0 amide bonds. The average Bonchev–Trinajstić information content (AvgIpc) is 2.62. The van der Waals surface area contributed by atoms with E-state index in [1.54, 1.807) is 26.0 Å². The minimum absolute atomic E-state index is 0.184. The SMILES string of the molecule is COc1cc2c(cc1OC)CN(CCSc1ccc(F)cc1)CC2. The first-order valence-electron chi connectivity index (χ1n) is 8.04. The lowest BCUT2D eigenvalue weighted by Crippen LogP contribution is -2.32. The van der Waals surface area contributed by atoms with Gasteiger partial charge >= 0.3 is 0 Å². The van der Waals surface area contributed by atoms with Gasteiger partial charge in [-0.25, -0.2) is 4.39 Å². The maximum Gasteiger partial charge on any atom is 0.161 e. The van der Waals surface area contributed by atoms with Gasteiger partial charge in [-0.15, -0.1) is 11.8 Å². The summed E-state index contributed by atoms with van der Waals surface area (Å²) in [4.78, 5) is 3.56. The third-order valence-electron chi connectivity index (χ3n) is 4.29. The molecule has 0 bridgehead atoms. The molecule has 0 radical (unpaired) electrons. The Morgan fingerprint density at radius 1 is 1.04 bits per heavy atom. The Balaban J connectivity index is 1.57. The molecule has 0 aromatic heterocycles. The summed E-state index contributed by atoms with van der Waals surface area (Å²) in [6, 6.07) is 10.9. The minimum atomic E-state index is -0.184. The van der Waals surface area contributed by atoms with Crippen molar-refractivity contribution in [3.63, 3.8) is 0 Å². The smallest absolute Gasteiger partial charge is 0.161 e. The van der Waals surface area contributed by atoms with Crippen LogP contribution in [0.1, 0.15) is 11.1 Å². The van der Waals surface area contributed by atoms with Gasteiger partial charge in [0.05, 0.1) is 14.2 Å². The molecular weight excluding hydrogens is 325 g/mol. The highest BCUT2D eigenvalue weighted by molar-refractivity contribution is 7.99. The third-order valence-corrected chi connectivity index (χ3v) is 5.28. The number of benzene rings is 2. The number of hydrogen-bond donors (Lipinski definition) is 0. The average molecular weight is 347 g/mol. The van der Waals surface area contributed by atoms with Crippen LogP contribution >= 0.6 is 11.8 Å². The molecule has 0 N–H and O–H groups in total. The Labute approximate surface area is 146 Å². The normalized spacial score (nSPS) is 14.3. The van der Waals surface area contributed by atoms with Gasteiger partial charge in [-0.3, -0.25) is 4.90 Å². The highest BCUT2D eigenvalue weighted by Crippen LogP contribution is 2.33. The molecule has 1 aliphatic heterocycles. The summed E-state index contributed by atoms with van der Waals surface area (Å²) in [6.45, 7) is 2.99. The van der Waals surface area contributed by atoms with E-state index in [0.29, 0.717) is 0 Å². The third kappa shape index (κ3) is 4.02. The fourth-order valence-electron chi connectivity index (χ4n) is 2.96. The Morgan fingerprint density at radius 3 is 2.38 bits per heavy atom. The van der Waals surface area contributed by atoms with Crippen LogP contribution in [0, 0.1) is 5.82 Å². The highest BCUT2D eigenvalue weighted by Gasteiger charge is 2.19. The van der Waals surface area contributed by atoms with Gasteiger partial charge in [-0.05, 0) is 53.9 Å². The van der Waals surface area contributed by atoms with Gasteiger partial charge < -0.3 is 9.47 Å². The summed E-state index contributed by atoms with van der Waals surface area (Å²) >= 11 is 1.76. The van der Waals surface area contributed by atoms with Crippen molar-refractivity contribution in [3.8, 4) is 11.5 Å². The molecule has 0 atom stereocenters. The van der Waals surface area contributed by atoms with E-state index in [1.807, 2.05) is 12.1 Å². The number of hydrogen-bond acceptors (Lipinski definition) is 4. The summed E-state index contributed by atoms with van der Waals surface area (Å²) in [7, 11) is 3.34. The Bertz CT molecular complexity index is 691. The summed E-state index contributed by atoms with van der Waals surface area (Å²) in [5.41, 5.74) is 2.65. The zero-order chi connectivity index (χ0) is 16.9. The predicted octanol–water partition coefficient (Wildman–Crippen LogP) is 3.99. The standard InChI is InChI=1S/C19H22FNO2S/c1-22-18-11-14-7-8-21(13-15(14)12-19(18)23-2)9-10-24-17-5-3-16(20)4-6-17/h3-6,11-12H,7-10,13H2,1-2H3. The molecule has 0 saturated carbocycles. The lowest BCUT2D eigenvalue weighted by molar-refractivity contribution is 0.268. The van der Waals surface area contributed by atoms with Gasteiger partial charge in [-0.1, -0.05) is 0 Å². The van der Waals surface area contributed by atoms with Crippen molar-refractivity contribution in [1.29, 1.82) is 0 Å². The Morgan fingerprint density at radius 2 is 1.71 bits per heavy atom. The molecule has 3 rings (SSSR count). The first kappa shape index (κ1) is 17.1. The van der Waals surface area contributed by atoms with Crippen LogP contribution in [0.2, 0.25) is 0 Å². The number of nitrogens with zero attached hydrogens (tertiary/aromatic N) is 1. The Hall–Kier alpha value is -1.72. The fourth-order valence-corrected chi connectivity index (χ4v) is 3.87. The maximum absolute atomic E-state index is 12.9. The van der Waals surface area contributed by atoms with E-state index in [9.17, 15) is 4.39 Å². The largest absolute Gasteiger partial charge is 0.493 e. The van der Waals surface area contributed by atoms with Crippen molar-refractivity contribution in [2.24, 2.45) is 0 Å². The van der Waals surface area contributed by atoms with Gasteiger partial charge in [0.1, 0.15) is 5.82 Å². The Kier molecular flexibility index (Phi) is 5.63. The minimum Gasteiger partial charge on any atom is -0.493 e. The summed E-state index contributed by atoms with van der Waals surface area (Å²) in [6.07, 6.45) is 1.02. The van der Waals surface area contributed by atoms with Gasteiger partial charge in [0.25, 0.3) is 0 Å². The van der Waals surface area contributed by atoms with Gasteiger partial charge in [-0.2, -0.15) is 0 Å². The van der Waals surface area contributed by atoms with Gasteiger partial charge in [0.15, 0.2) is 11.5 Å². The first-order chi connectivity index (χ1) is 11.7. The molecule has 2 aromatic rings. The first-order valence-corrected chi connectivity index (χ1v) is 9.02. The fraction of sp³-hybridized carbons (Fsp3) is 0.368. The van der Waals surface area contributed by atoms with Crippen molar-refractivity contribution in [2.75, 3.05) is 33.1 Å². The van der Waals surface area contributed by atoms with E-state index < -0.39 is 0 Å². The number of methoxy groups -OCH3 is 2. The molecule has 1 aliphatic rings. The lowest BCUT2D eigenvalue weighted by atomic mass is 9.99. The molecule has 0 saturated heterocycles. The van der Waals surface area contributed by atoms with Gasteiger partial charge in [0.2, 0.25) is 0 Å². The topological polar surface area (TPSA) is 21.7 Å². The number of thioether (sulfide) groups is 1. The number of halogens is 1. The quantitative estimate of drug-likeness (QED) is 0.737. The maximum atomic E-state index is 12.9. The molecular formula is C19H22FNO2S. The van der Waals surface area contributed by atoms with E-state index in [2.05, 4.69) is 17.0 Å². The predicted molar refractivity (Wildman–Crippen MR) is 95.7 cm³/mol. The summed E-state index contributed by atoms with van der Waals surface area (Å²) in [5.74, 6) is 2.40. The lowest BCUT2D eigenvalue weighted by Gasteiger charge is -2.29. The van der Waals surface area contributed by atoms with Crippen LogP contribution < -0.4 is 9.47 Å². The highest BCUT2D eigenvalue weighted by atomic mass is 32.2. The molecule has 128 valence electrons. The van der Waals surface area contributed by atoms with E-state index in [-0.39, 0.29) is 5.82 Å². The monoisotopic (exact) mass is 347 g/mol. The molecule has 0 aliphatic carbocycles. The van der Waals surface area contributed by atoms with Gasteiger partial charge in [0, 0.05) is 30.3 Å². The van der Waals surface area contributed by atoms with Crippen molar-refractivity contribution in [3.05, 3.63) is 53.3 Å². The second-order valence-corrected chi connectivity index (χ2v) is 6.97. The van der Waals surface area contributed by atoms with E-state index in [0.717, 1.165) is 48.2 Å². The molecule has 3 nitrogen and oxygen atoms in total. The second kappa shape index (κ2) is 7.90. The van der Waals surface area contributed by atoms with Crippen LogP contribution in [-0.2, 0) is 13.0 Å². The van der Waals surface area contributed by atoms with Crippen LogP contribution in [-0.4, -0.2) is 38.0 Å². The molecule has 0 fully saturated rings. The zero-order valence-electron chi connectivity index (χ0n) is 14.0. The molecule has 2 aromatic carbocycles. The van der Waals surface area contributed by atoms with Crippen LogP contribution in [0.25, 0.3) is 0 Å². The van der Waals surface area contributed by atoms with Crippen LogP contribution in [0.4, 0.5) is 4.39 Å². The number of ether oxygens (including phenoxy) is 2. The van der Waals surface area contributed by atoms with Crippen molar-refractivity contribution >= 4 is 11.8 Å². The summed E-state index contributed by atoms with van der Waals surface area (Å²) < 4.78 is 23.7. The summed E-state index contributed by atoms with van der Waals surface area (Å²) in [5, 5.41) is 0. The van der Waals surface area contributed by atoms with Crippen LogP contribution in [0.3, 0.4) is 0 Å². The molecule has 1 heterocycles. The second-order valence-electron chi connectivity index (χ2n) is 5.80. The number of fused-ring (bicyclic) bond motifs is 1. The van der Waals surface area contributed by atoms with Crippen LogP contribution in [0.5, 0.6) is 11.5 Å². The molecule has 5 heteroatoms.